The molecule has 2 radical (unpaired) electrons. The quantitative estimate of drug-likeness (QED) is 0.271. The van der Waals surface area contributed by atoms with Crippen LogP contribution < -0.4 is 21.4 Å². The van der Waals surface area contributed by atoms with Gasteiger partial charge in [-0.3, -0.25) is 0 Å². The van der Waals surface area contributed by atoms with E-state index in [1.165, 1.54) is 49.9 Å². The Morgan fingerprint density at radius 1 is 1.03 bits per heavy atom. The van der Waals surface area contributed by atoms with Gasteiger partial charge in [0.05, 0.1) is 11.9 Å². The van der Waals surface area contributed by atoms with E-state index in [-0.39, 0.29) is 0 Å². The van der Waals surface area contributed by atoms with E-state index < -0.39 is 7.14 Å². The van der Waals surface area contributed by atoms with Crippen LogP contribution in [0, 0.1) is 0 Å². The first-order valence-corrected chi connectivity index (χ1v) is 15.6. The van der Waals surface area contributed by atoms with Crippen molar-refractivity contribution in [1.29, 1.82) is 0 Å². The summed E-state index contributed by atoms with van der Waals surface area (Å²) >= 11 is 6.41. The van der Waals surface area contributed by atoms with Crippen molar-refractivity contribution in [3.8, 4) is 0 Å². The van der Waals surface area contributed by atoms with E-state index in [4.69, 9.17) is 19.4 Å². The van der Waals surface area contributed by atoms with E-state index in [9.17, 15) is 4.57 Å². The molecule has 2 heterocycles. The number of hydrogen-bond acceptors (Lipinski definition) is 6. The van der Waals surface area contributed by atoms with Crippen molar-refractivity contribution >= 4 is 60.5 Å². The number of aromatic nitrogens is 2. The minimum Gasteiger partial charge on any atom is -0.338 e. The summed E-state index contributed by atoms with van der Waals surface area (Å²) in [5, 5.41) is 7.61. The molecular formula is C27H32BClN5OP. The predicted molar refractivity (Wildman–Crippen MR) is 152 cm³/mol. The fraction of sp³-hybridized carbons (Fsp3) is 0.407. The van der Waals surface area contributed by atoms with Gasteiger partial charge in [-0.25, -0.2) is 4.98 Å². The lowest BCUT2D eigenvalue weighted by molar-refractivity contribution is 0.222. The highest BCUT2D eigenvalue weighted by atomic mass is 35.5. The predicted octanol–water partition coefficient (Wildman–Crippen LogP) is 5.00. The van der Waals surface area contributed by atoms with E-state index >= 15 is 0 Å². The fourth-order valence-corrected chi connectivity index (χ4v) is 6.62. The van der Waals surface area contributed by atoms with Gasteiger partial charge in [0.2, 0.25) is 5.95 Å². The highest BCUT2D eigenvalue weighted by Crippen LogP contribution is 2.38. The molecule has 0 spiro atoms. The molecule has 1 fully saturated rings. The second-order valence-electron chi connectivity index (χ2n) is 10.2. The summed E-state index contributed by atoms with van der Waals surface area (Å²) in [4.78, 5) is 11.7. The molecule has 1 aromatic heterocycles. The molecule has 1 aliphatic heterocycles. The Balaban J connectivity index is 1.33. The maximum atomic E-state index is 12.8. The van der Waals surface area contributed by atoms with Crippen LogP contribution in [0.4, 0.5) is 23.1 Å². The van der Waals surface area contributed by atoms with Gasteiger partial charge in [0.15, 0.2) is 5.82 Å². The van der Waals surface area contributed by atoms with Gasteiger partial charge in [-0.2, -0.15) is 4.98 Å². The Morgan fingerprint density at radius 2 is 1.78 bits per heavy atom. The van der Waals surface area contributed by atoms with Crippen LogP contribution in [0.5, 0.6) is 0 Å². The maximum Gasteiger partial charge on any atom is 0.229 e. The number of benzene rings is 2. The molecule has 36 heavy (non-hydrogen) atoms. The normalized spacial score (nSPS) is 18.5. The number of anilines is 4. The van der Waals surface area contributed by atoms with E-state index in [0.29, 0.717) is 39.3 Å². The third-order valence-corrected chi connectivity index (χ3v) is 9.02. The van der Waals surface area contributed by atoms with Crippen LogP contribution in [-0.4, -0.2) is 55.2 Å². The summed E-state index contributed by atoms with van der Waals surface area (Å²) in [5.41, 5.74) is 5.04. The van der Waals surface area contributed by atoms with Gasteiger partial charge >= 0.3 is 0 Å². The van der Waals surface area contributed by atoms with Gasteiger partial charge in [0.1, 0.15) is 20.0 Å². The average molecular weight is 520 g/mol. The van der Waals surface area contributed by atoms with Crippen LogP contribution in [0.2, 0.25) is 5.02 Å². The van der Waals surface area contributed by atoms with Crippen molar-refractivity contribution in [2.24, 2.45) is 0 Å². The first-order chi connectivity index (χ1) is 17.3. The van der Waals surface area contributed by atoms with Gasteiger partial charge in [-0.15, -0.1) is 0 Å². The zero-order valence-electron chi connectivity index (χ0n) is 20.9. The van der Waals surface area contributed by atoms with Crippen LogP contribution in [0.3, 0.4) is 0 Å². The maximum absolute atomic E-state index is 12.8. The molecule has 186 valence electrons. The third-order valence-electron chi connectivity index (χ3n) is 7.21. The molecule has 1 saturated heterocycles. The Labute approximate surface area is 220 Å². The lowest BCUT2D eigenvalue weighted by Gasteiger charge is -2.25. The highest BCUT2D eigenvalue weighted by molar-refractivity contribution is 7.70. The smallest absolute Gasteiger partial charge is 0.229 e. The Morgan fingerprint density at radius 3 is 2.53 bits per heavy atom. The molecule has 0 bridgehead atoms. The number of halogens is 1. The molecule has 3 aromatic rings. The zero-order chi connectivity index (χ0) is 25.3. The molecule has 0 amide bonds. The van der Waals surface area contributed by atoms with Crippen LogP contribution in [-0.2, 0) is 17.4 Å². The molecule has 1 atom stereocenters. The van der Waals surface area contributed by atoms with E-state index in [2.05, 4.69) is 43.7 Å². The topological polar surface area (TPSA) is 70.2 Å². The Hall–Kier alpha value is -2.34. The minimum absolute atomic E-state index is 0.375. The van der Waals surface area contributed by atoms with Crippen molar-refractivity contribution in [3.63, 3.8) is 0 Å². The number of fused-ring (bicyclic) bond motifs is 1. The van der Waals surface area contributed by atoms with Crippen molar-refractivity contribution in [2.75, 3.05) is 37.1 Å². The van der Waals surface area contributed by atoms with Gasteiger partial charge in [-0.05, 0) is 94.3 Å². The first kappa shape index (κ1) is 25.3. The summed E-state index contributed by atoms with van der Waals surface area (Å²) in [6.45, 7) is 5.94. The average Bonchev–Trinajstić information content (AvgIpc) is 3.29. The summed E-state index contributed by atoms with van der Waals surface area (Å²) in [7, 11) is 3.37. The molecule has 6 nitrogen and oxygen atoms in total. The standard InChI is InChI=1S/C27H32BClN5OP/c1-36(2,35)25-16-20(28)8-12-24(25)32-26-23(29)17-30-27(33-26)31-21-9-5-18-6-10-22(11-7-19(18)15-21)34-13-3-4-14-34/h5,8-9,12,15-17,22H,3-4,6-7,10-11,13-14H2,1-2H3,(H2,30,31,32,33)/t22-/m0/s1. The first-order valence-electron chi connectivity index (χ1n) is 12.6. The number of aryl methyl sites for hydroxylation is 2. The van der Waals surface area contributed by atoms with E-state index in [0.717, 1.165) is 18.5 Å². The SMILES string of the molecule is [B]c1ccc(Nc2nc(Nc3ccc4c(c3)CC[C@@H](N3CCCC3)CC4)ncc2Cl)c(P(C)(C)=O)c1. The lowest BCUT2D eigenvalue weighted by atomic mass is 9.96. The third kappa shape index (κ3) is 5.80. The molecule has 2 N–H and O–H groups in total. The largest absolute Gasteiger partial charge is 0.338 e. The number of nitrogens with zero attached hydrogens (tertiary/aromatic N) is 3. The van der Waals surface area contributed by atoms with Gasteiger partial charge < -0.3 is 20.1 Å². The Kier molecular flexibility index (Phi) is 7.43. The summed E-state index contributed by atoms with van der Waals surface area (Å²) in [6.07, 6.45) is 8.92. The Bertz CT molecular complexity index is 1310. The highest BCUT2D eigenvalue weighted by Gasteiger charge is 2.24. The van der Waals surface area contributed by atoms with E-state index in [1.807, 2.05) is 0 Å². The molecule has 2 aliphatic rings. The molecule has 2 aromatic carbocycles. The summed E-state index contributed by atoms with van der Waals surface area (Å²) in [5.74, 6) is 0.885. The van der Waals surface area contributed by atoms with Crippen molar-refractivity contribution in [1.82, 2.24) is 14.9 Å². The number of likely N-dealkylation sites (tertiary alicyclic amines) is 1. The van der Waals surface area contributed by atoms with Crippen molar-refractivity contribution in [2.45, 2.75) is 44.6 Å². The fourth-order valence-electron chi connectivity index (χ4n) is 5.31. The molecule has 9 heteroatoms. The molecule has 0 saturated carbocycles. The number of rotatable bonds is 6. The van der Waals surface area contributed by atoms with Crippen molar-refractivity contribution in [3.05, 3.63) is 58.7 Å². The van der Waals surface area contributed by atoms with Crippen LogP contribution in [0.15, 0.2) is 42.6 Å². The van der Waals surface area contributed by atoms with Crippen LogP contribution in [0.25, 0.3) is 0 Å². The second-order valence-corrected chi connectivity index (χ2v) is 13.8. The number of hydrogen-bond donors (Lipinski definition) is 2. The van der Waals surface area contributed by atoms with Gasteiger partial charge in [-0.1, -0.05) is 35.3 Å². The van der Waals surface area contributed by atoms with Crippen molar-refractivity contribution < 1.29 is 4.57 Å². The molecule has 1 aliphatic carbocycles. The zero-order valence-corrected chi connectivity index (χ0v) is 22.6. The molecular weight excluding hydrogens is 488 g/mol. The van der Waals surface area contributed by atoms with E-state index in [1.54, 1.807) is 37.7 Å². The van der Waals surface area contributed by atoms with Crippen LogP contribution in [0.1, 0.15) is 36.8 Å². The molecule has 0 unspecified atom stereocenters. The summed E-state index contributed by atoms with van der Waals surface area (Å²) in [6, 6.07) is 12.6. The number of nitrogens with one attached hydrogen (secondary N) is 2. The van der Waals surface area contributed by atoms with Gasteiger partial charge in [0.25, 0.3) is 0 Å². The minimum atomic E-state index is -2.58. The summed E-state index contributed by atoms with van der Waals surface area (Å²) < 4.78 is 12.8. The van der Waals surface area contributed by atoms with Gasteiger partial charge in [0, 0.05) is 17.0 Å². The molecule has 5 rings (SSSR count). The van der Waals surface area contributed by atoms with Crippen LogP contribution >= 0.6 is 18.7 Å². The monoisotopic (exact) mass is 519 g/mol. The lowest BCUT2D eigenvalue weighted by Crippen LogP contribution is -2.32. The second kappa shape index (κ2) is 10.6.